The third-order valence-corrected chi connectivity index (χ3v) is 2.12. The lowest BCUT2D eigenvalue weighted by Gasteiger charge is -2.07. The fourth-order valence-electron chi connectivity index (χ4n) is 1.17. The lowest BCUT2D eigenvalue weighted by molar-refractivity contribution is -0.137. The maximum Gasteiger partial charge on any atom is 0.316 e. The van der Waals surface area contributed by atoms with Gasteiger partial charge in [0.15, 0.2) is 0 Å². The van der Waals surface area contributed by atoms with Crippen LogP contribution in [-0.2, 0) is 14.3 Å². The zero-order valence-electron chi connectivity index (χ0n) is 10.7. The number of carboxylic acids is 1. The normalized spacial score (nSPS) is 10.1. The molecular formula is C11H22N2O5. The van der Waals surface area contributed by atoms with Crippen molar-refractivity contribution in [1.29, 1.82) is 0 Å². The molecule has 0 fully saturated rings. The van der Waals surface area contributed by atoms with Gasteiger partial charge >= 0.3 is 12.0 Å². The van der Waals surface area contributed by atoms with Gasteiger partial charge in [-0.1, -0.05) is 6.42 Å². The Morgan fingerprint density at radius 3 is 2.56 bits per heavy atom. The van der Waals surface area contributed by atoms with Crippen molar-refractivity contribution in [2.75, 3.05) is 33.6 Å². The van der Waals surface area contributed by atoms with Crippen LogP contribution >= 0.6 is 0 Å². The number of nitrogens with one attached hydrogen (secondary N) is 2. The molecular weight excluding hydrogens is 240 g/mol. The van der Waals surface area contributed by atoms with Crippen molar-refractivity contribution < 1.29 is 24.2 Å². The van der Waals surface area contributed by atoms with Crippen LogP contribution in [0.15, 0.2) is 0 Å². The molecule has 0 aliphatic carbocycles. The third-order valence-electron chi connectivity index (χ3n) is 2.12. The number of urea groups is 1. The number of hydrogen-bond donors (Lipinski definition) is 3. The third kappa shape index (κ3) is 12.7. The smallest absolute Gasteiger partial charge is 0.316 e. The van der Waals surface area contributed by atoms with E-state index in [0.717, 1.165) is 12.8 Å². The molecule has 0 aliphatic heterocycles. The van der Waals surface area contributed by atoms with Gasteiger partial charge in [-0.25, -0.2) is 4.79 Å². The van der Waals surface area contributed by atoms with Crippen LogP contribution in [-0.4, -0.2) is 50.7 Å². The highest BCUT2D eigenvalue weighted by Crippen LogP contribution is 1.98. The maximum absolute atomic E-state index is 11.2. The maximum atomic E-state index is 11.2. The van der Waals surface area contributed by atoms with E-state index in [9.17, 15) is 9.59 Å². The van der Waals surface area contributed by atoms with Crippen LogP contribution in [0.1, 0.15) is 25.7 Å². The predicted octanol–water partition coefficient (Wildman–Crippen LogP) is 0.551. The van der Waals surface area contributed by atoms with Gasteiger partial charge in [0.05, 0.1) is 13.2 Å². The zero-order valence-corrected chi connectivity index (χ0v) is 10.7. The first-order valence-electron chi connectivity index (χ1n) is 5.97. The SMILES string of the molecule is COCCOCNC(=O)NCCCCCC(=O)O. The molecule has 106 valence electrons. The van der Waals surface area contributed by atoms with Crippen LogP contribution in [0.25, 0.3) is 0 Å². The number of carbonyl (C=O) groups excluding carboxylic acids is 1. The molecule has 0 aromatic carbocycles. The van der Waals surface area contributed by atoms with Crippen molar-refractivity contribution >= 4 is 12.0 Å². The number of amides is 2. The van der Waals surface area contributed by atoms with E-state index in [4.69, 9.17) is 14.6 Å². The Morgan fingerprint density at radius 2 is 1.89 bits per heavy atom. The van der Waals surface area contributed by atoms with Gasteiger partial charge < -0.3 is 25.2 Å². The van der Waals surface area contributed by atoms with Crippen molar-refractivity contribution in [2.24, 2.45) is 0 Å². The fourth-order valence-corrected chi connectivity index (χ4v) is 1.17. The van der Waals surface area contributed by atoms with Crippen LogP contribution in [0.3, 0.4) is 0 Å². The number of methoxy groups -OCH3 is 1. The molecule has 0 saturated carbocycles. The first-order valence-corrected chi connectivity index (χ1v) is 5.97. The first kappa shape index (κ1) is 16.7. The molecule has 18 heavy (non-hydrogen) atoms. The first-order chi connectivity index (χ1) is 8.66. The van der Waals surface area contributed by atoms with Gasteiger partial charge in [0.25, 0.3) is 0 Å². The molecule has 0 aliphatic rings. The minimum Gasteiger partial charge on any atom is -0.481 e. The fraction of sp³-hybridized carbons (Fsp3) is 0.818. The number of unbranched alkanes of at least 4 members (excludes halogenated alkanes) is 2. The number of rotatable bonds is 11. The van der Waals surface area contributed by atoms with Gasteiger partial charge in [0, 0.05) is 20.1 Å². The minimum absolute atomic E-state index is 0.147. The summed E-state index contributed by atoms with van der Waals surface area (Å²) in [4.78, 5) is 21.4. The molecule has 3 N–H and O–H groups in total. The Morgan fingerprint density at radius 1 is 1.11 bits per heavy atom. The molecule has 0 aromatic heterocycles. The molecule has 0 radical (unpaired) electrons. The molecule has 0 heterocycles. The zero-order chi connectivity index (χ0) is 13.6. The van der Waals surface area contributed by atoms with Crippen LogP contribution < -0.4 is 10.6 Å². The van der Waals surface area contributed by atoms with Gasteiger partial charge in [0.1, 0.15) is 6.73 Å². The Labute approximate surface area is 107 Å². The summed E-state index contributed by atoms with van der Waals surface area (Å²) in [6.45, 7) is 1.61. The van der Waals surface area contributed by atoms with E-state index in [-0.39, 0.29) is 19.2 Å². The van der Waals surface area contributed by atoms with Crippen molar-refractivity contribution in [2.45, 2.75) is 25.7 Å². The average molecular weight is 262 g/mol. The number of carbonyl (C=O) groups is 2. The minimum atomic E-state index is -0.783. The summed E-state index contributed by atoms with van der Waals surface area (Å²) < 4.78 is 9.83. The highest BCUT2D eigenvalue weighted by molar-refractivity contribution is 5.73. The van der Waals surface area contributed by atoms with E-state index in [1.165, 1.54) is 0 Å². The quantitative estimate of drug-likeness (QED) is 0.373. The molecule has 7 heteroatoms. The second-order valence-corrected chi connectivity index (χ2v) is 3.68. The second kappa shape index (κ2) is 12.1. The molecule has 0 bridgehead atoms. The summed E-state index contributed by atoms with van der Waals surface area (Å²) in [6.07, 6.45) is 2.38. The number of carboxylic acid groups (broad SMARTS) is 1. The van der Waals surface area contributed by atoms with Crippen molar-refractivity contribution in [3.63, 3.8) is 0 Å². The van der Waals surface area contributed by atoms with E-state index in [2.05, 4.69) is 10.6 Å². The Hall–Kier alpha value is -1.34. The van der Waals surface area contributed by atoms with E-state index in [0.29, 0.717) is 26.2 Å². The summed E-state index contributed by atoms with van der Waals surface area (Å²) in [5.74, 6) is -0.783. The Bertz CT molecular complexity index is 235. The lowest BCUT2D eigenvalue weighted by atomic mass is 10.2. The Balaban J connectivity index is 3.19. The summed E-state index contributed by atoms with van der Waals surface area (Å²) in [6, 6.07) is -0.286. The topological polar surface area (TPSA) is 96.9 Å². The molecule has 2 amide bonds. The van der Waals surface area contributed by atoms with Gasteiger partial charge in [-0.15, -0.1) is 0 Å². The highest BCUT2D eigenvalue weighted by atomic mass is 16.5. The van der Waals surface area contributed by atoms with E-state index >= 15 is 0 Å². The van der Waals surface area contributed by atoms with Crippen LogP contribution in [0.5, 0.6) is 0 Å². The summed E-state index contributed by atoms with van der Waals surface area (Å²) in [5, 5.41) is 13.6. The molecule has 0 unspecified atom stereocenters. The number of ether oxygens (including phenoxy) is 2. The molecule has 0 saturated heterocycles. The van der Waals surface area contributed by atoms with Crippen LogP contribution in [0.2, 0.25) is 0 Å². The largest absolute Gasteiger partial charge is 0.481 e. The Kier molecular flexibility index (Phi) is 11.2. The summed E-state index contributed by atoms with van der Waals surface area (Å²) >= 11 is 0. The van der Waals surface area contributed by atoms with E-state index in [1.54, 1.807) is 7.11 Å². The molecule has 7 nitrogen and oxygen atoms in total. The monoisotopic (exact) mass is 262 g/mol. The number of hydrogen-bond acceptors (Lipinski definition) is 4. The highest BCUT2D eigenvalue weighted by Gasteiger charge is 1.99. The van der Waals surface area contributed by atoms with Gasteiger partial charge in [-0.2, -0.15) is 0 Å². The van der Waals surface area contributed by atoms with Crippen molar-refractivity contribution in [1.82, 2.24) is 10.6 Å². The van der Waals surface area contributed by atoms with Gasteiger partial charge in [-0.05, 0) is 12.8 Å². The van der Waals surface area contributed by atoms with Crippen molar-refractivity contribution in [3.8, 4) is 0 Å². The summed E-state index contributed by atoms with van der Waals surface area (Å²) in [5.41, 5.74) is 0. The lowest BCUT2D eigenvalue weighted by Crippen LogP contribution is -2.37. The van der Waals surface area contributed by atoms with E-state index in [1.807, 2.05) is 0 Å². The standard InChI is InChI=1S/C11H22N2O5/c1-17-7-8-18-9-13-11(16)12-6-4-2-3-5-10(14)15/h2-9H2,1H3,(H,14,15)(H2,12,13,16). The van der Waals surface area contributed by atoms with Gasteiger partial charge in [0.2, 0.25) is 0 Å². The van der Waals surface area contributed by atoms with Crippen LogP contribution in [0.4, 0.5) is 4.79 Å². The predicted molar refractivity (Wildman–Crippen MR) is 65.3 cm³/mol. The summed E-state index contributed by atoms with van der Waals surface area (Å²) in [7, 11) is 1.58. The molecule has 0 rings (SSSR count). The number of aliphatic carboxylic acids is 1. The average Bonchev–Trinajstić information content (AvgIpc) is 2.33. The second-order valence-electron chi connectivity index (χ2n) is 3.68. The van der Waals surface area contributed by atoms with Gasteiger partial charge in [-0.3, -0.25) is 4.79 Å². The molecule has 0 aromatic rings. The molecule has 0 atom stereocenters. The van der Waals surface area contributed by atoms with E-state index < -0.39 is 5.97 Å². The van der Waals surface area contributed by atoms with Crippen molar-refractivity contribution in [3.05, 3.63) is 0 Å². The molecule has 0 spiro atoms. The van der Waals surface area contributed by atoms with Crippen LogP contribution in [0, 0.1) is 0 Å².